The highest BCUT2D eigenvalue weighted by molar-refractivity contribution is 7.99. The highest BCUT2D eigenvalue weighted by Gasteiger charge is 2.19. The molecule has 0 amide bonds. The second kappa shape index (κ2) is 6.40. The summed E-state index contributed by atoms with van der Waals surface area (Å²) >= 11 is 7.39. The topological polar surface area (TPSA) is 28.7 Å². The third kappa shape index (κ3) is 3.60. The zero-order valence-corrected chi connectivity index (χ0v) is 13.0. The summed E-state index contributed by atoms with van der Waals surface area (Å²) in [5, 5.41) is 0.846. The number of nitrogens with zero attached hydrogens (tertiary/aromatic N) is 1. The van der Waals surface area contributed by atoms with Crippen LogP contribution in [0.15, 0.2) is 6.07 Å². The van der Waals surface area contributed by atoms with E-state index in [1.165, 1.54) is 57.1 Å². The monoisotopic (exact) mass is 294 g/mol. The molecule has 2 aliphatic carbocycles. The van der Waals surface area contributed by atoms with Crippen molar-refractivity contribution >= 4 is 24.0 Å². The van der Waals surface area contributed by atoms with Gasteiger partial charge in [-0.1, -0.05) is 37.9 Å². The summed E-state index contributed by atoms with van der Waals surface area (Å²) in [5.41, 5.74) is 1.33. The normalized spacial score (nSPS) is 21.3. The summed E-state index contributed by atoms with van der Waals surface area (Å²) < 4.78 is 0.766. The van der Waals surface area contributed by atoms with Crippen LogP contribution in [-0.2, 0) is 5.75 Å². The quantitative estimate of drug-likeness (QED) is 0.795. The Labute approximate surface area is 124 Å². The third-order valence-corrected chi connectivity index (χ3v) is 5.96. The predicted molar refractivity (Wildman–Crippen MR) is 84.2 cm³/mol. The van der Waals surface area contributed by atoms with Crippen LogP contribution < -0.4 is 0 Å². The van der Waals surface area contributed by atoms with Crippen LogP contribution in [0, 0.1) is 4.64 Å². The summed E-state index contributed by atoms with van der Waals surface area (Å²) in [6, 6.07) is 2.08. The lowest BCUT2D eigenvalue weighted by molar-refractivity contribution is 0.687. The van der Waals surface area contributed by atoms with E-state index >= 15 is 0 Å². The maximum Gasteiger partial charge on any atom is 0.130 e. The fraction of sp³-hybridized carbons (Fsp3) is 0.733. The third-order valence-electron chi connectivity index (χ3n) is 4.37. The first-order valence-electron chi connectivity index (χ1n) is 7.53. The average Bonchev–Trinajstić information content (AvgIpc) is 3.09. The van der Waals surface area contributed by atoms with Crippen molar-refractivity contribution in [1.82, 2.24) is 9.97 Å². The van der Waals surface area contributed by atoms with Gasteiger partial charge in [-0.3, -0.25) is 0 Å². The predicted octanol–water partition coefficient (Wildman–Crippen LogP) is 4.97. The molecule has 0 aliphatic heterocycles. The first-order chi connectivity index (χ1) is 9.31. The Morgan fingerprint density at radius 2 is 1.84 bits per heavy atom. The molecule has 104 valence electrons. The van der Waals surface area contributed by atoms with Gasteiger partial charge in [0, 0.05) is 10.9 Å². The van der Waals surface area contributed by atoms with Gasteiger partial charge in [0.1, 0.15) is 10.5 Å². The maximum absolute atomic E-state index is 5.33. The van der Waals surface area contributed by atoms with Gasteiger partial charge in [-0.2, -0.15) is 11.8 Å². The van der Waals surface area contributed by atoms with Gasteiger partial charge in [0.2, 0.25) is 0 Å². The number of hydrogen-bond donors (Lipinski definition) is 1. The Morgan fingerprint density at radius 1 is 1.16 bits per heavy atom. The molecule has 1 N–H and O–H groups in total. The van der Waals surface area contributed by atoms with E-state index in [1.54, 1.807) is 0 Å². The Morgan fingerprint density at radius 3 is 2.58 bits per heavy atom. The van der Waals surface area contributed by atoms with Gasteiger partial charge in [0.25, 0.3) is 0 Å². The van der Waals surface area contributed by atoms with E-state index in [-0.39, 0.29) is 0 Å². The van der Waals surface area contributed by atoms with Crippen LogP contribution in [-0.4, -0.2) is 15.2 Å². The Bertz CT molecular complexity index is 471. The maximum atomic E-state index is 5.33. The minimum atomic E-state index is 0.694. The van der Waals surface area contributed by atoms with Crippen LogP contribution in [0.4, 0.5) is 0 Å². The molecule has 0 spiro atoms. The molecule has 19 heavy (non-hydrogen) atoms. The van der Waals surface area contributed by atoms with Crippen molar-refractivity contribution in [3.05, 3.63) is 22.2 Å². The van der Waals surface area contributed by atoms with E-state index in [0.29, 0.717) is 5.92 Å². The molecule has 4 heteroatoms. The Kier molecular flexibility index (Phi) is 4.59. The standard InChI is InChI=1S/C15H22N2S2/c18-15-9-13(11-5-1-2-6-11)16-14(17-15)10-19-12-7-3-4-8-12/h9,11-12H,1-8,10H2,(H,16,17,18). The van der Waals surface area contributed by atoms with Crippen molar-refractivity contribution in [3.63, 3.8) is 0 Å². The van der Waals surface area contributed by atoms with Gasteiger partial charge < -0.3 is 4.98 Å². The number of hydrogen-bond acceptors (Lipinski definition) is 3. The minimum Gasteiger partial charge on any atom is -0.346 e. The summed E-state index contributed by atoms with van der Waals surface area (Å²) in [6.45, 7) is 0. The smallest absolute Gasteiger partial charge is 0.130 e. The minimum absolute atomic E-state index is 0.694. The molecule has 2 nitrogen and oxygen atoms in total. The molecule has 0 radical (unpaired) electrons. The molecule has 2 aliphatic rings. The molecule has 0 unspecified atom stereocenters. The van der Waals surface area contributed by atoms with E-state index in [2.05, 4.69) is 27.8 Å². The first kappa shape index (κ1) is 13.6. The van der Waals surface area contributed by atoms with Crippen molar-refractivity contribution in [2.75, 3.05) is 0 Å². The Hall–Kier alpha value is -0.350. The molecule has 0 saturated heterocycles. The van der Waals surface area contributed by atoms with Gasteiger partial charge in [0.05, 0.1) is 5.75 Å². The summed E-state index contributed by atoms with van der Waals surface area (Å²) in [6.07, 6.45) is 10.9. The molecule has 1 aromatic rings. The average molecular weight is 294 g/mol. The van der Waals surface area contributed by atoms with Gasteiger partial charge >= 0.3 is 0 Å². The summed E-state index contributed by atoms with van der Waals surface area (Å²) in [7, 11) is 0. The van der Waals surface area contributed by atoms with Gasteiger partial charge in [-0.15, -0.1) is 0 Å². The van der Waals surface area contributed by atoms with Crippen molar-refractivity contribution in [2.24, 2.45) is 0 Å². The van der Waals surface area contributed by atoms with E-state index < -0.39 is 0 Å². The number of rotatable bonds is 4. The number of aromatic amines is 1. The Balaban J connectivity index is 1.68. The molecule has 0 atom stereocenters. The van der Waals surface area contributed by atoms with Crippen LogP contribution in [0.2, 0.25) is 0 Å². The van der Waals surface area contributed by atoms with Crippen LogP contribution in [0.1, 0.15) is 68.8 Å². The number of nitrogens with one attached hydrogen (secondary N) is 1. The van der Waals surface area contributed by atoms with Crippen molar-refractivity contribution in [3.8, 4) is 0 Å². The fourth-order valence-corrected chi connectivity index (χ4v) is 4.74. The molecular formula is C15H22N2S2. The lowest BCUT2D eigenvalue weighted by Crippen LogP contribution is -2.04. The van der Waals surface area contributed by atoms with E-state index in [4.69, 9.17) is 12.2 Å². The molecule has 2 fully saturated rings. The van der Waals surface area contributed by atoms with Crippen LogP contribution in [0.5, 0.6) is 0 Å². The molecular weight excluding hydrogens is 272 g/mol. The highest BCUT2D eigenvalue weighted by atomic mass is 32.2. The van der Waals surface area contributed by atoms with Gasteiger partial charge in [-0.05, 0) is 37.7 Å². The number of thioether (sulfide) groups is 1. The molecule has 2 saturated carbocycles. The lowest BCUT2D eigenvalue weighted by Gasteiger charge is -2.13. The second-order valence-corrected chi connectivity index (χ2v) is 7.53. The number of aromatic nitrogens is 2. The largest absolute Gasteiger partial charge is 0.346 e. The summed E-state index contributed by atoms with van der Waals surface area (Å²) in [4.78, 5) is 8.06. The lowest BCUT2D eigenvalue weighted by atomic mass is 10.0. The van der Waals surface area contributed by atoms with Crippen molar-refractivity contribution < 1.29 is 0 Å². The SMILES string of the molecule is S=c1cc(C2CCCC2)[nH]c(CSC2CCCC2)n1. The second-order valence-electron chi connectivity index (χ2n) is 5.82. The van der Waals surface area contributed by atoms with Gasteiger partial charge in [-0.25, -0.2) is 4.98 Å². The zero-order valence-electron chi connectivity index (χ0n) is 11.4. The first-order valence-corrected chi connectivity index (χ1v) is 8.99. The van der Waals surface area contributed by atoms with Crippen molar-refractivity contribution in [2.45, 2.75) is 68.3 Å². The van der Waals surface area contributed by atoms with Crippen molar-refractivity contribution in [1.29, 1.82) is 0 Å². The summed E-state index contributed by atoms with van der Waals surface area (Å²) in [5.74, 6) is 2.78. The molecule has 0 bridgehead atoms. The van der Waals surface area contributed by atoms with E-state index in [1.807, 2.05) is 0 Å². The molecule has 1 aromatic heterocycles. The van der Waals surface area contributed by atoms with E-state index in [9.17, 15) is 0 Å². The van der Waals surface area contributed by atoms with E-state index in [0.717, 1.165) is 21.5 Å². The number of H-pyrrole nitrogens is 1. The fourth-order valence-electron chi connectivity index (χ4n) is 3.31. The zero-order chi connectivity index (χ0) is 13.1. The van der Waals surface area contributed by atoms with Gasteiger partial charge in [0.15, 0.2) is 0 Å². The molecule has 1 heterocycles. The van der Waals surface area contributed by atoms with Crippen LogP contribution in [0.25, 0.3) is 0 Å². The molecule has 0 aromatic carbocycles. The highest BCUT2D eigenvalue weighted by Crippen LogP contribution is 2.34. The van der Waals surface area contributed by atoms with Crippen LogP contribution >= 0.6 is 24.0 Å². The van der Waals surface area contributed by atoms with Crippen LogP contribution in [0.3, 0.4) is 0 Å². The molecule has 3 rings (SSSR count).